The van der Waals surface area contributed by atoms with Crippen molar-refractivity contribution in [1.82, 2.24) is 0 Å². The third-order valence-electron chi connectivity index (χ3n) is 2.05. The lowest BCUT2D eigenvalue weighted by atomic mass is 10.2. The maximum Gasteiger partial charge on any atom is 0.342 e. The highest BCUT2D eigenvalue weighted by Crippen LogP contribution is 2.24. The molecule has 0 saturated heterocycles. The zero-order chi connectivity index (χ0) is 12.8. The van der Waals surface area contributed by atoms with Gasteiger partial charge in [0.25, 0.3) is 0 Å². The van der Waals surface area contributed by atoms with E-state index < -0.39 is 5.97 Å². The summed E-state index contributed by atoms with van der Waals surface area (Å²) in [5.41, 5.74) is 5.69. The van der Waals surface area contributed by atoms with Crippen LogP contribution >= 0.6 is 0 Å². The smallest absolute Gasteiger partial charge is 0.342 e. The van der Waals surface area contributed by atoms with E-state index in [9.17, 15) is 9.90 Å². The summed E-state index contributed by atoms with van der Waals surface area (Å²) in [4.78, 5) is 11.6. The summed E-state index contributed by atoms with van der Waals surface area (Å²) in [7, 11) is 0. The number of para-hydroxylation sites is 1. The number of nitrogens with two attached hydrogens (primary N) is 1. The summed E-state index contributed by atoms with van der Waals surface area (Å²) in [6, 6.07) is 4.54. The van der Waals surface area contributed by atoms with Crippen molar-refractivity contribution in [2.45, 2.75) is 20.0 Å². The summed E-state index contributed by atoms with van der Waals surface area (Å²) in [5.74, 6) is -0.857. The Hall–Kier alpha value is -1.75. The molecule has 0 aliphatic heterocycles. The van der Waals surface area contributed by atoms with Gasteiger partial charge in [-0.2, -0.15) is 0 Å². The van der Waals surface area contributed by atoms with Gasteiger partial charge in [0.15, 0.2) is 5.75 Å². The molecule has 1 aromatic carbocycles. The molecule has 0 radical (unpaired) electrons. The van der Waals surface area contributed by atoms with Crippen LogP contribution in [0.4, 0.5) is 5.69 Å². The summed E-state index contributed by atoms with van der Waals surface area (Å²) in [6.45, 7) is 4.26. The van der Waals surface area contributed by atoms with Gasteiger partial charge in [-0.3, -0.25) is 0 Å². The second-order valence-corrected chi connectivity index (χ2v) is 3.80. The van der Waals surface area contributed by atoms with E-state index in [1.807, 2.05) is 13.8 Å². The van der Waals surface area contributed by atoms with Crippen LogP contribution in [0.25, 0.3) is 0 Å². The van der Waals surface area contributed by atoms with Crippen LogP contribution in [-0.4, -0.2) is 30.4 Å². The van der Waals surface area contributed by atoms with Crippen molar-refractivity contribution in [3.8, 4) is 5.75 Å². The number of anilines is 1. The van der Waals surface area contributed by atoms with Crippen molar-refractivity contribution >= 4 is 11.7 Å². The molecule has 0 unspecified atom stereocenters. The molecule has 0 heterocycles. The molecule has 94 valence electrons. The van der Waals surface area contributed by atoms with Gasteiger partial charge in [0, 0.05) is 0 Å². The molecule has 0 atom stereocenters. The Bertz CT molecular complexity index is 390. The average Bonchev–Trinajstić information content (AvgIpc) is 2.27. The van der Waals surface area contributed by atoms with Crippen molar-refractivity contribution < 1.29 is 19.4 Å². The first kappa shape index (κ1) is 13.3. The summed E-state index contributed by atoms with van der Waals surface area (Å²) < 4.78 is 10.2. The van der Waals surface area contributed by atoms with Gasteiger partial charge in [-0.05, 0) is 26.0 Å². The fraction of sp³-hybridized carbons (Fsp3) is 0.417. The lowest BCUT2D eigenvalue weighted by molar-refractivity contribution is 0.0175. The molecule has 0 fully saturated rings. The third kappa shape index (κ3) is 3.96. The van der Waals surface area contributed by atoms with Gasteiger partial charge >= 0.3 is 5.97 Å². The molecule has 0 amide bonds. The highest BCUT2D eigenvalue weighted by Gasteiger charge is 2.14. The van der Waals surface area contributed by atoms with E-state index >= 15 is 0 Å². The zero-order valence-electron chi connectivity index (χ0n) is 9.97. The first-order valence-corrected chi connectivity index (χ1v) is 5.38. The molecule has 0 saturated carbocycles. The number of hydrogen-bond acceptors (Lipinski definition) is 5. The monoisotopic (exact) mass is 239 g/mol. The maximum atomic E-state index is 11.6. The molecule has 0 spiro atoms. The summed E-state index contributed by atoms with van der Waals surface area (Å²) in [5, 5.41) is 9.56. The molecule has 0 aliphatic carbocycles. The zero-order valence-corrected chi connectivity index (χ0v) is 9.97. The summed E-state index contributed by atoms with van der Waals surface area (Å²) in [6.07, 6.45) is 0.0921. The standard InChI is InChI=1S/C12H17NO4/c1-8(2)16-6-7-17-12(15)9-4-3-5-10(13)11(9)14/h3-5,8,14H,6-7,13H2,1-2H3. The number of carbonyl (C=O) groups excluding carboxylic acids is 1. The third-order valence-corrected chi connectivity index (χ3v) is 2.05. The van der Waals surface area contributed by atoms with Gasteiger partial charge < -0.3 is 20.3 Å². The Morgan fingerprint density at radius 1 is 1.41 bits per heavy atom. The van der Waals surface area contributed by atoms with Crippen LogP contribution < -0.4 is 5.73 Å². The molecule has 5 nitrogen and oxygen atoms in total. The molecule has 5 heteroatoms. The van der Waals surface area contributed by atoms with E-state index in [1.165, 1.54) is 12.1 Å². The Kier molecular flexibility index (Phi) is 4.78. The quantitative estimate of drug-likeness (QED) is 0.352. The molecule has 3 N–H and O–H groups in total. The number of esters is 1. The minimum atomic E-state index is -0.609. The van der Waals surface area contributed by atoms with E-state index in [4.69, 9.17) is 15.2 Å². The number of carbonyl (C=O) groups is 1. The molecule has 1 aromatic rings. The highest BCUT2D eigenvalue weighted by molar-refractivity contribution is 5.94. The minimum absolute atomic E-state index is 0.0644. The van der Waals surface area contributed by atoms with E-state index in [0.717, 1.165) is 0 Å². The summed E-state index contributed by atoms with van der Waals surface area (Å²) >= 11 is 0. The van der Waals surface area contributed by atoms with Gasteiger partial charge in [-0.25, -0.2) is 4.79 Å². The fourth-order valence-electron chi connectivity index (χ4n) is 1.22. The predicted octanol–water partition coefficient (Wildman–Crippen LogP) is 1.56. The van der Waals surface area contributed by atoms with Crippen molar-refractivity contribution in [3.63, 3.8) is 0 Å². The van der Waals surface area contributed by atoms with Gasteiger partial charge in [-0.1, -0.05) is 6.07 Å². The minimum Gasteiger partial charge on any atom is -0.505 e. The second kappa shape index (κ2) is 6.10. The highest BCUT2D eigenvalue weighted by atomic mass is 16.6. The van der Waals surface area contributed by atoms with Crippen LogP contribution in [-0.2, 0) is 9.47 Å². The van der Waals surface area contributed by atoms with Crippen LogP contribution in [0.5, 0.6) is 5.75 Å². The van der Waals surface area contributed by atoms with Crippen LogP contribution in [0.3, 0.4) is 0 Å². The number of nitrogen functional groups attached to an aromatic ring is 1. The Balaban J connectivity index is 2.50. The van der Waals surface area contributed by atoms with Crippen LogP contribution in [0.1, 0.15) is 24.2 Å². The van der Waals surface area contributed by atoms with Crippen LogP contribution in [0.15, 0.2) is 18.2 Å². The SMILES string of the molecule is CC(C)OCCOC(=O)c1cccc(N)c1O. The second-order valence-electron chi connectivity index (χ2n) is 3.80. The Morgan fingerprint density at radius 3 is 2.76 bits per heavy atom. The number of hydrogen-bond donors (Lipinski definition) is 2. The number of ether oxygens (including phenoxy) is 2. The van der Waals surface area contributed by atoms with E-state index in [1.54, 1.807) is 6.07 Å². The molecular formula is C12H17NO4. The fourth-order valence-corrected chi connectivity index (χ4v) is 1.22. The molecule has 1 rings (SSSR count). The topological polar surface area (TPSA) is 81.8 Å². The molecule has 0 bridgehead atoms. The van der Waals surface area contributed by atoms with Crippen LogP contribution in [0, 0.1) is 0 Å². The van der Waals surface area contributed by atoms with E-state index in [0.29, 0.717) is 6.61 Å². The molecule has 0 aromatic heterocycles. The maximum absolute atomic E-state index is 11.6. The van der Waals surface area contributed by atoms with Crippen molar-refractivity contribution in [3.05, 3.63) is 23.8 Å². The molecule has 0 aliphatic rings. The number of rotatable bonds is 5. The van der Waals surface area contributed by atoms with Crippen molar-refractivity contribution in [2.24, 2.45) is 0 Å². The van der Waals surface area contributed by atoms with Crippen molar-refractivity contribution in [1.29, 1.82) is 0 Å². The Labute approximate surface area is 100 Å². The van der Waals surface area contributed by atoms with Crippen molar-refractivity contribution in [2.75, 3.05) is 18.9 Å². The first-order chi connectivity index (χ1) is 8.02. The van der Waals surface area contributed by atoms with Gasteiger partial charge in [0.1, 0.15) is 12.2 Å². The average molecular weight is 239 g/mol. The molecule has 17 heavy (non-hydrogen) atoms. The largest absolute Gasteiger partial charge is 0.505 e. The number of phenols is 1. The number of phenolic OH excluding ortho intramolecular Hbond substituents is 1. The lowest BCUT2D eigenvalue weighted by Gasteiger charge is -2.09. The molecular weight excluding hydrogens is 222 g/mol. The van der Waals surface area contributed by atoms with E-state index in [2.05, 4.69) is 0 Å². The lowest BCUT2D eigenvalue weighted by Crippen LogP contribution is -2.13. The van der Waals surface area contributed by atoms with E-state index in [-0.39, 0.29) is 29.7 Å². The van der Waals surface area contributed by atoms with Crippen LogP contribution in [0.2, 0.25) is 0 Å². The Morgan fingerprint density at radius 2 is 2.12 bits per heavy atom. The number of aromatic hydroxyl groups is 1. The first-order valence-electron chi connectivity index (χ1n) is 5.38. The predicted molar refractivity (Wildman–Crippen MR) is 63.9 cm³/mol. The van der Waals surface area contributed by atoms with Gasteiger partial charge in [0.05, 0.1) is 18.4 Å². The van der Waals surface area contributed by atoms with Gasteiger partial charge in [-0.15, -0.1) is 0 Å². The number of benzene rings is 1. The van der Waals surface area contributed by atoms with Gasteiger partial charge in [0.2, 0.25) is 0 Å². The normalized spacial score (nSPS) is 10.5.